The molecule has 0 bridgehead atoms. The maximum atomic E-state index is 12.5. The Morgan fingerprint density at radius 3 is 2.50 bits per heavy atom. The van der Waals surface area contributed by atoms with E-state index in [1.54, 1.807) is 35.5 Å². The van der Waals surface area contributed by atoms with Gasteiger partial charge in [-0.05, 0) is 42.8 Å². The third-order valence-corrected chi connectivity index (χ3v) is 3.50. The van der Waals surface area contributed by atoms with Crippen molar-refractivity contribution >= 4 is 29.1 Å². The van der Waals surface area contributed by atoms with Crippen LogP contribution in [0, 0.1) is 0 Å². The summed E-state index contributed by atoms with van der Waals surface area (Å²) in [7, 11) is 0. The summed E-state index contributed by atoms with van der Waals surface area (Å²) in [5.41, 5.74) is 1.49. The number of halogens is 2. The van der Waals surface area contributed by atoms with Gasteiger partial charge < -0.3 is 4.90 Å². The third kappa shape index (κ3) is 3.50. The Bertz CT molecular complexity index is 602. The van der Waals surface area contributed by atoms with Gasteiger partial charge in [0.25, 0.3) is 5.91 Å². The van der Waals surface area contributed by atoms with E-state index in [0.717, 1.165) is 5.56 Å². The molecule has 20 heavy (non-hydrogen) atoms. The van der Waals surface area contributed by atoms with Gasteiger partial charge in [-0.25, -0.2) is 0 Å². The Hall–Kier alpha value is -1.58. The van der Waals surface area contributed by atoms with E-state index in [0.29, 0.717) is 28.7 Å². The van der Waals surface area contributed by atoms with Crippen molar-refractivity contribution in [2.45, 2.75) is 13.5 Å². The van der Waals surface area contributed by atoms with Crippen LogP contribution in [0.15, 0.2) is 42.7 Å². The fourth-order valence-corrected chi connectivity index (χ4v) is 2.36. The molecule has 0 saturated carbocycles. The summed E-state index contributed by atoms with van der Waals surface area (Å²) >= 11 is 11.9. The lowest BCUT2D eigenvalue weighted by atomic mass is 10.1. The highest BCUT2D eigenvalue weighted by Crippen LogP contribution is 2.22. The molecule has 0 aliphatic rings. The van der Waals surface area contributed by atoms with Gasteiger partial charge in [0.1, 0.15) is 0 Å². The highest BCUT2D eigenvalue weighted by molar-refractivity contribution is 6.36. The summed E-state index contributed by atoms with van der Waals surface area (Å²) in [5.74, 6) is -0.106. The van der Waals surface area contributed by atoms with Crippen molar-refractivity contribution in [1.29, 1.82) is 0 Å². The van der Waals surface area contributed by atoms with E-state index in [2.05, 4.69) is 4.98 Å². The first-order valence-electron chi connectivity index (χ1n) is 6.25. The molecule has 1 heterocycles. The van der Waals surface area contributed by atoms with E-state index in [1.165, 1.54) is 0 Å². The van der Waals surface area contributed by atoms with Crippen molar-refractivity contribution in [3.05, 3.63) is 63.9 Å². The predicted molar refractivity (Wildman–Crippen MR) is 81.1 cm³/mol. The molecule has 0 aliphatic carbocycles. The van der Waals surface area contributed by atoms with Gasteiger partial charge in [-0.2, -0.15) is 0 Å². The first-order chi connectivity index (χ1) is 9.61. The lowest BCUT2D eigenvalue weighted by molar-refractivity contribution is 0.0752. The number of nitrogens with zero attached hydrogens (tertiary/aromatic N) is 2. The Balaban J connectivity index is 2.21. The minimum Gasteiger partial charge on any atom is -0.335 e. The summed E-state index contributed by atoms with van der Waals surface area (Å²) in [6.45, 7) is 3.06. The largest absolute Gasteiger partial charge is 0.335 e. The van der Waals surface area contributed by atoms with Gasteiger partial charge in [0.05, 0.1) is 10.6 Å². The van der Waals surface area contributed by atoms with Gasteiger partial charge in [0.15, 0.2) is 0 Å². The molecule has 0 atom stereocenters. The molecule has 1 aromatic heterocycles. The SMILES string of the molecule is CCN(Cc1ccncc1)C(=O)c1ccc(Cl)cc1Cl. The Morgan fingerprint density at radius 1 is 1.20 bits per heavy atom. The van der Waals surface area contributed by atoms with Crippen LogP contribution >= 0.6 is 23.2 Å². The minimum atomic E-state index is -0.106. The maximum absolute atomic E-state index is 12.5. The highest BCUT2D eigenvalue weighted by atomic mass is 35.5. The van der Waals surface area contributed by atoms with Crippen LogP contribution < -0.4 is 0 Å². The predicted octanol–water partition coefficient (Wildman–Crippen LogP) is 4.05. The zero-order valence-electron chi connectivity index (χ0n) is 11.0. The summed E-state index contributed by atoms with van der Waals surface area (Å²) in [5, 5.41) is 0.888. The second-order valence-electron chi connectivity index (χ2n) is 4.30. The molecule has 2 aromatic rings. The van der Waals surface area contributed by atoms with Gasteiger partial charge in [0.2, 0.25) is 0 Å². The van der Waals surface area contributed by atoms with E-state index < -0.39 is 0 Å². The average Bonchev–Trinajstić information content (AvgIpc) is 2.45. The molecule has 0 fully saturated rings. The lowest BCUT2D eigenvalue weighted by Gasteiger charge is -2.21. The van der Waals surface area contributed by atoms with Crippen LogP contribution in [0.25, 0.3) is 0 Å². The summed E-state index contributed by atoms with van der Waals surface area (Å²) in [4.78, 5) is 18.2. The van der Waals surface area contributed by atoms with Gasteiger partial charge in [-0.1, -0.05) is 23.2 Å². The van der Waals surface area contributed by atoms with Gasteiger partial charge in [0, 0.05) is 30.5 Å². The molecule has 2 rings (SSSR count). The maximum Gasteiger partial charge on any atom is 0.255 e. The number of hydrogen-bond acceptors (Lipinski definition) is 2. The second-order valence-corrected chi connectivity index (χ2v) is 5.14. The topological polar surface area (TPSA) is 33.2 Å². The van der Waals surface area contributed by atoms with Crippen LogP contribution in [0.1, 0.15) is 22.8 Å². The molecular formula is C15H14Cl2N2O. The van der Waals surface area contributed by atoms with Crippen molar-refractivity contribution in [3.63, 3.8) is 0 Å². The van der Waals surface area contributed by atoms with Crippen LogP contribution in [0.3, 0.4) is 0 Å². The van der Waals surface area contributed by atoms with E-state index in [4.69, 9.17) is 23.2 Å². The molecule has 3 nitrogen and oxygen atoms in total. The third-order valence-electron chi connectivity index (χ3n) is 2.95. The number of carbonyl (C=O) groups is 1. The minimum absolute atomic E-state index is 0.106. The normalized spacial score (nSPS) is 10.3. The van der Waals surface area contributed by atoms with Crippen LogP contribution in [0.4, 0.5) is 0 Å². The molecule has 0 N–H and O–H groups in total. The summed E-state index contributed by atoms with van der Waals surface area (Å²) in [6, 6.07) is 8.68. The van der Waals surface area contributed by atoms with E-state index in [1.807, 2.05) is 19.1 Å². The van der Waals surface area contributed by atoms with Crippen molar-refractivity contribution in [2.24, 2.45) is 0 Å². The standard InChI is InChI=1S/C15H14Cl2N2O/c1-2-19(10-11-5-7-18-8-6-11)15(20)13-4-3-12(16)9-14(13)17/h3-9H,2,10H2,1H3. The number of pyridine rings is 1. The number of aromatic nitrogens is 1. The fourth-order valence-electron chi connectivity index (χ4n) is 1.87. The molecule has 0 aliphatic heterocycles. The number of hydrogen-bond donors (Lipinski definition) is 0. The van der Waals surface area contributed by atoms with Crippen molar-refractivity contribution in [2.75, 3.05) is 6.54 Å². The quantitative estimate of drug-likeness (QED) is 0.853. The van der Waals surface area contributed by atoms with E-state index in [-0.39, 0.29) is 5.91 Å². The second kappa shape index (κ2) is 6.73. The summed E-state index contributed by atoms with van der Waals surface area (Å²) in [6.07, 6.45) is 3.42. The first kappa shape index (κ1) is 14.8. The number of carbonyl (C=O) groups excluding carboxylic acids is 1. The number of rotatable bonds is 4. The molecule has 104 valence electrons. The van der Waals surface area contributed by atoms with Gasteiger partial charge >= 0.3 is 0 Å². The number of amides is 1. The van der Waals surface area contributed by atoms with Crippen LogP contribution in [0.2, 0.25) is 10.0 Å². The first-order valence-corrected chi connectivity index (χ1v) is 7.00. The van der Waals surface area contributed by atoms with Crippen molar-refractivity contribution in [1.82, 2.24) is 9.88 Å². The zero-order valence-corrected chi connectivity index (χ0v) is 12.5. The monoisotopic (exact) mass is 308 g/mol. The Morgan fingerprint density at radius 2 is 1.90 bits per heavy atom. The summed E-state index contributed by atoms with van der Waals surface area (Å²) < 4.78 is 0. The average molecular weight is 309 g/mol. The fraction of sp³-hybridized carbons (Fsp3) is 0.200. The molecule has 0 spiro atoms. The van der Waals surface area contributed by atoms with Crippen molar-refractivity contribution < 1.29 is 4.79 Å². The van der Waals surface area contributed by atoms with Crippen LogP contribution in [-0.4, -0.2) is 22.3 Å². The van der Waals surface area contributed by atoms with E-state index >= 15 is 0 Å². The van der Waals surface area contributed by atoms with Gasteiger partial charge in [-0.3, -0.25) is 9.78 Å². The van der Waals surface area contributed by atoms with Gasteiger partial charge in [-0.15, -0.1) is 0 Å². The molecule has 1 amide bonds. The molecule has 5 heteroatoms. The molecule has 0 saturated heterocycles. The smallest absolute Gasteiger partial charge is 0.255 e. The molecule has 1 aromatic carbocycles. The van der Waals surface area contributed by atoms with Crippen LogP contribution in [-0.2, 0) is 6.54 Å². The molecular weight excluding hydrogens is 295 g/mol. The Kier molecular flexibility index (Phi) is 4.99. The molecule has 0 radical (unpaired) electrons. The number of benzene rings is 1. The highest BCUT2D eigenvalue weighted by Gasteiger charge is 2.17. The Labute approximate surface area is 128 Å². The van der Waals surface area contributed by atoms with Crippen molar-refractivity contribution in [3.8, 4) is 0 Å². The van der Waals surface area contributed by atoms with Crippen LogP contribution in [0.5, 0.6) is 0 Å². The lowest BCUT2D eigenvalue weighted by Crippen LogP contribution is -2.30. The molecule has 0 unspecified atom stereocenters. The zero-order chi connectivity index (χ0) is 14.5. The van der Waals surface area contributed by atoms with E-state index in [9.17, 15) is 4.79 Å².